The van der Waals surface area contributed by atoms with Crippen molar-refractivity contribution in [2.75, 3.05) is 16.8 Å². The summed E-state index contributed by atoms with van der Waals surface area (Å²) in [5.41, 5.74) is 1.99. The molecule has 1 aromatic carbocycles. The second kappa shape index (κ2) is 6.72. The first-order valence-electron chi connectivity index (χ1n) is 8.16. The van der Waals surface area contributed by atoms with Crippen LogP contribution in [-0.2, 0) is 4.79 Å². The zero-order valence-corrected chi connectivity index (χ0v) is 14.8. The topological polar surface area (TPSA) is 88.3 Å². The molecule has 0 spiro atoms. The second-order valence-electron chi connectivity index (χ2n) is 6.07. The summed E-state index contributed by atoms with van der Waals surface area (Å²) in [7, 11) is 0. The minimum absolute atomic E-state index is 0.0335. The average molecular weight is 368 g/mol. The highest BCUT2D eigenvalue weighted by atomic mass is 32.1. The second-order valence-corrected chi connectivity index (χ2v) is 7.08. The number of hydrogen-bond acceptors (Lipinski definition) is 6. The lowest BCUT2D eigenvalue weighted by molar-refractivity contribution is -0.117. The van der Waals surface area contributed by atoms with Gasteiger partial charge in [-0.2, -0.15) is 0 Å². The van der Waals surface area contributed by atoms with Gasteiger partial charge in [-0.25, -0.2) is 0 Å². The van der Waals surface area contributed by atoms with Crippen LogP contribution in [0, 0.1) is 6.92 Å². The summed E-state index contributed by atoms with van der Waals surface area (Å²) in [6.45, 7) is 2.55. The third-order valence-corrected chi connectivity index (χ3v) is 5.29. The Kier molecular flexibility index (Phi) is 4.26. The van der Waals surface area contributed by atoms with Gasteiger partial charge in [0, 0.05) is 24.6 Å². The van der Waals surface area contributed by atoms with Gasteiger partial charge in [-0.1, -0.05) is 29.5 Å². The standard InChI is InChI=1S/C18H16N4O3S/c1-11-5-2-3-6-13(11)22-10-12(9-15(22)23)17-20-21-18(26-17)19-16(24)14-7-4-8-25-14/h2-8,12H,9-10H2,1H3,(H,19,21,24)/t12-/m0/s1. The van der Waals surface area contributed by atoms with E-state index >= 15 is 0 Å². The molecule has 1 fully saturated rings. The monoisotopic (exact) mass is 368 g/mol. The van der Waals surface area contributed by atoms with Crippen molar-refractivity contribution in [1.82, 2.24) is 10.2 Å². The van der Waals surface area contributed by atoms with Gasteiger partial charge >= 0.3 is 0 Å². The Morgan fingerprint density at radius 1 is 1.27 bits per heavy atom. The van der Waals surface area contributed by atoms with Crippen molar-refractivity contribution < 1.29 is 14.0 Å². The van der Waals surface area contributed by atoms with Crippen LogP contribution in [0.2, 0.25) is 0 Å². The molecule has 3 aromatic rings. The van der Waals surface area contributed by atoms with Gasteiger partial charge in [0.05, 0.1) is 6.26 Å². The Morgan fingerprint density at radius 2 is 2.12 bits per heavy atom. The molecule has 1 aliphatic rings. The molecule has 0 radical (unpaired) electrons. The van der Waals surface area contributed by atoms with E-state index in [0.717, 1.165) is 16.3 Å². The van der Waals surface area contributed by atoms with E-state index in [1.54, 1.807) is 17.0 Å². The number of anilines is 2. The molecule has 1 atom stereocenters. The Morgan fingerprint density at radius 3 is 2.88 bits per heavy atom. The van der Waals surface area contributed by atoms with E-state index in [9.17, 15) is 9.59 Å². The number of nitrogens with one attached hydrogen (secondary N) is 1. The number of aryl methyl sites for hydroxylation is 1. The molecule has 1 saturated heterocycles. The SMILES string of the molecule is Cc1ccccc1N1C[C@@H](c2nnc(NC(=O)c3ccco3)s2)CC1=O. The summed E-state index contributed by atoms with van der Waals surface area (Å²) in [6.07, 6.45) is 1.82. The molecular formula is C18H16N4O3S. The minimum Gasteiger partial charge on any atom is -0.459 e. The van der Waals surface area contributed by atoms with E-state index < -0.39 is 0 Å². The zero-order valence-electron chi connectivity index (χ0n) is 14.0. The van der Waals surface area contributed by atoms with Gasteiger partial charge in [0.2, 0.25) is 11.0 Å². The third kappa shape index (κ3) is 3.11. The van der Waals surface area contributed by atoms with Gasteiger partial charge in [0.15, 0.2) is 5.76 Å². The molecule has 1 aliphatic heterocycles. The van der Waals surface area contributed by atoms with E-state index in [4.69, 9.17) is 4.42 Å². The summed E-state index contributed by atoms with van der Waals surface area (Å²) < 4.78 is 5.06. The van der Waals surface area contributed by atoms with E-state index in [-0.39, 0.29) is 23.5 Å². The molecule has 2 amide bonds. The lowest BCUT2D eigenvalue weighted by Gasteiger charge is -2.18. The van der Waals surface area contributed by atoms with Gasteiger partial charge < -0.3 is 9.32 Å². The molecule has 26 heavy (non-hydrogen) atoms. The molecule has 1 N–H and O–H groups in total. The molecule has 0 unspecified atom stereocenters. The van der Waals surface area contributed by atoms with Crippen LogP contribution in [0.15, 0.2) is 47.1 Å². The predicted molar refractivity (Wildman–Crippen MR) is 97.5 cm³/mol. The minimum atomic E-state index is -0.373. The van der Waals surface area contributed by atoms with Crippen LogP contribution in [0.5, 0.6) is 0 Å². The fourth-order valence-corrected chi connectivity index (χ4v) is 3.82. The number of carbonyl (C=O) groups is 2. The van der Waals surface area contributed by atoms with Crippen molar-refractivity contribution in [2.45, 2.75) is 19.3 Å². The average Bonchev–Trinajstić information content (AvgIpc) is 3.36. The first-order valence-corrected chi connectivity index (χ1v) is 8.97. The Labute approximate surface area is 153 Å². The molecular weight excluding hydrogens is 352 g/mol. The quantitative estimate of drug-likeness (QED) is 0.764. The lowest BCUT2D eigenvalue weighted by atomic mass is 10.1. The molecule has 3 heterocycles. The molecule has 132 valence electrons. The van der Waals surface area contributed by atoms with E-state index in [1.165, 1.54) is 17.6 Å². The van der Waals surface area contributed by atoms with Crippen LogP contribution in [-0.4, -0.2) is 28.6 Å². The number of benzene rings is 1. The Bertz CT molecular complexity index is 951. The molecule has 0 saturated carbocycles. The fraction of sp³-hybridized carbons (Fsp3) is 0.222. The molecule has 4 rings (SSSR count). The number of amides is 2. The normalized spacial score (nSPS) is 16.9. The van der Waals surface area contributed by atoms with E-state index in [1.807, 2.05) is 31.2 Å². The van der Waals surface area contributed by atoms with Crippen molar-refractivity contribution in [3.63, 3.8) is 0 Å². The van der Waals surface area contributed by atoms with Crippen molar-refractivity contribution in [2.24, 2.45) is 0 Å². The van der Waals surface area contributed by atoms with Crippen LogP contribution in [0.3, 0.4) is 0 Å². The molecule has 7 nitrogen and oxygen atoms in total. The molecule has 8 heteroatoms. The van der Waals surface area contributed by atoms with Crippen molar-refractivity contribution in [1.29, 1.82) is 0 Å². The predicted octanol–water partition coefficient (Wildman–Crippen LogP) is 3.21. The molecule has 2 aromatic heterocycles. The molecule has 0 bridgehead atoms. The number of rotatable bonds is 4. The third-order valence-electron chi connectivity index (χ3n) is 4.29. The summed E-state index contributed by atoms with van der Waals surface area (Å²) >= 11 is 1.28. The maximum Gasteiger partial charge on any atom is 0.293 e. The summed E-state index contributed by atoms with van der Waals surface area (Å²) in [6, 6.07) is 11.0. The smallest absolute Gasteiger partial charge is 0.293 e. The van der Waals surface area contributed by atoms with Crippen LogP contribution in [0.4, 0.5) is 10.8 Å². The lowest BCUT2D eigenvalue weighted by Crippen LogP contribution is -2.25. The maximum atomic E-state index is 12.5. The van der Waals surface area contributed by atoms with Crippen LogP contribution < -0.4 is 10.2 Å². The maximum absolute atomic E-state index is 12.5. The number of nitrogens with zero attached hydrogens (tertiary/aromatic N) is 3. The van der Waals surface area contributed by atoms with Crippen molar-refractivity contribution in [3.05, 3.63) is 59.0 Å². The number of para-hydroxylation sites is 1. The number of hydrogen-bond donors (Lipinski definition) is 1. The number of aromatic nitrogens is 2. The Balaban J connectivity index is 1.48. The number of furan rings is 1. The fourth-order valence-electron chi connectivity index (χ4n) is 2.99. The van der Waals surface area contributed by atoms with Gasteiger partial charge in [-0.15, -0.1) is 10.2 Å². The first kappa shape index (κ1) is 16.5. The van der Waals surface area contributed by atoms with Crippen LogP contribution >= 0.6 is 11.3 Å². The van der Waals surface area contributed by atoms with Crippen LogP contribution in [0.1, 0.15) is 33.5 Å². The summed E-state index contributed by atoms with van der Waals surface area (Å²) in [4.78, 5) is 26.2. The highest BCUT2D eigenvalue weighted by Gasteiger charge is 2.34. The highest BCUT2D eigenvalue weighted by Crippen LogP contribution is 2.35. The number of carbonyl (C=O) groups excluding carboxylic acids is 2. The van der Waals surface area contributed by atoms with Crippen molar-refractivity contribution >= 4 is 34.0 Å². The van der Waals surface area contributed by atoms with E-state index in [2.05, 4.69) is 15.5 Å². The van der Waals surface area contributed by atoms with Crippen LogP contribution in [0.25, 0.3) is 0 Å². The highest BCUT2D eigenvalue weighted by molar-refractivity contribution is 7.15. The van der Waals surface area contributed by atoms with Gasteiger partial charge in [-0.3, -0.25) is 14.9 Å². The van der Waals surface area contributed by atoms with Gasteiger partial charge in [0.25, 0.3) is 5.91 Å². The Hall–Kier alpha value is -3.00. The van der Waals surface area contributed by atoms with Crippen molar-refractivity contribution in [3.8, 4) is 0 Å². The summed E-state index contributed by atoms with van der Waals surface area (Å²) in [5.74, 6) is -0.125. The zero-order chi connectivity index (χ0) is 18.1. The first-order chi connectivity index (χ1) is 12.6. The largest absolute Gasteiger partial charge is 0.459 e. The molecule has 0 aliphatic carbocycles. The van der Waals surface area contributed by atoms with Gasteiger partial charge in [0.1, 0.15) is 5.01 Å². The van der Waals surface area contributed by atoms with E-state index in [0.29, 0.717) is 18.1 Å². The van der Waals surface area contributed by atoms with Gasteiger partial charge in [-0.05, 0) is 30.7 Å². The summed E-state index contributed by atoms with van der Waals surface area (Å²) in [5, 5.41) is 12.0.